The molecule has 0 bridgehead atoms. The largest absolute Gasteiger partial charge is 0.412 e. The lowest BCUT2D eigenvalue weighted by molar-refractivity contribution is 0.0253. The Balaban J connectivity index is 0. The van der Waals surface area contributed by atoms with Gasteiger partial charge in [0.2, 0.25) is 0 Å². The van der Waals surface area contributed by atoms with Crippen molar-refractivity contribution in [3.8, 4) is 0 Å². The van der Waals surface area contributed by atoms with E-state index in [9.17, 15) is 0 Å². The third-order valence-corrected chi connectivity index (χ3v) is 10.4. The summed E-state index contributed by atoms with van der Waals surface area (Å²) in [5.74, 6) is 4.35. The third kappa shape index (κ3) is 12.0. The molecule has 7 nitrogen and oxygen atoms in total. The van der Waals surface area contributed by atoms with Gasteiger partial charge in [0.1, 0.15) is 0 Å². The van der Waals surface area contributed by atoms with Gasteiger partial charge in [0, 0.05) is 44.4 Å². The van der Waals surface area contributed by atoms with Gasteiger partial charge in [0.15, 0.2) is 0 Å². The summed E-state index contributed by atoms with van der Waals surface area (Å²) in [7, 11) is 1.88. The standard InChI is InChI=1S/C33H55ClN2O.CH4.4H2O/c1-24(2)32(21-36-16-15-31(33(3,4)23-36)28-11-13-30(34)14-12-28)35-20-25-17-26(22-37-5)19-29(18-25)27-9-7-6-8-10-27;;;;;/h11,13-14,18,24,26-29,31-32,35H,6-10,12,15-17,19-23H2,1-5H3;1H4;4*1H2/t26?,28?,29?,31?,32-;;;;;/m0...../s1. The molecule has 3 aliphatic carbocycles. The zero-order valence-electron chi connectivity index (χ0n) is 26.5. The van der Waals surface area contributed by atoms with E-state index in [0.717, 1.165) is 48.9 Å². The number of ether oxygens (including phenoxy) is 1. The maximum absolute atomic E-state index is 6.21. The van der Waals surface area contributed by atoms with Crippen molar-refractivity contribution in [3.05, 3.63) is 34.9 Å². The van der Waals surface area contributed by atoms with E-state index >= 15 is 0 Å². The molecule has 1 saturated carbocycles. The van der Waals surface area contributed by atoms with Crippen molar-refractivity contribution in [2.75, 3.05) is 39.9 Å². The molecule has 4 rings (SSSR count). The fourth-order valence-corrected chi connectivity index (χ4v) is 8.22. The number of hydrogen-bond acceptors (Lipinski definition) is 3. The van der Waals surface area contributed by atoms with Crippen molar-refractivity contribution in [3.63, 3.8) is 0 Å². The molecule has 8 heteroatoms. The zero-order chi connectivity index (χ0) is 26.4. The quantitative estimate of drug-likeness (QED) is 0.336. The number of nitrogens with one attached hydrogen (secondary N) is 1. The molecule has 250 valence electrons. The molecular formula is C34H67ClN2O5. The van der Waals surface area contributed by atoms with E-state index in [-0.39, 0.29) is 29.3 Å². The highest BCUT2D eigenvalue weighted by atomic mass is 35.5. The lowest BCUT2D eigenvalue weighted by atomic mass is 9.66. The Bertz CT molecular complexity index is 825. The normalized spacial score (nSPS) is 28.5. The SMILES string of the molecule is C.COCC1CC(CN[C@@H](CN2CCC(C3C=CC(Cl)=CC3)C(C)(C)C2)C(C)C)=CC(C2CCCCC2)C1.O.O.O.O. The van der Waals surface area contributed by atoms with Crippen LogP contribution in [0.2, 0.25) is 0 Å². The first kappa shape index (κ1) is 43.4. The van der Waals surface area contributed by atoms with Crippen LogP contribution in [0.15, 0.2) is 34.9 Å². The Morgan fingerprint density at radius 2 is 1.74 bits per heavy atom. The van der Waals surface area contributed by atoms with Crippen LogP contribution < -0.4 is 5.32 Å². The van der Waals surface area contributed by atoms with Crippen molar-refractivity contribution >= 4 is 11.6 Å². The van der Waals surface area contributed by atoms with Crippen LogP contribution in [-0.4, -0.2) is 72.7 Å². The predicted octanol–water partition coefficient (Wildman–Crippen LogP) is 5.16. The Labute approximate surface area is 262 Å². The average Bonchev–Trinajstić information content (AvgIpc) is 2.87. The summed E-state index contributed by atoms with van der Waals surface area (Å²) in [6.45, 7) is 15.3. The fraction of sp³-hybridized carbons (Fsp3) is 0.824. The van der Waals surface area contributed by atoms with Crippen LogP contribution in [0.4, 0.5) is 0 Å². The Morgan fingerprint density at radius 1 is 1.05 bits per heavy atom. The molecule has 1 heterocycles. The minimum Gasteiger partial charge on any atom is -0.412 e. The molecule has 5 atom stereocenters. The van der Waals surface area contributed by atoms with E-state index in [1.165, 1.54) is 64.5 Å². The number of halogens is 1. The summed E-state index contributed by atoms with van der Waals surface area (Å²) in [6, 6.07) is 0.528. The number of piperidine rings is 1. The molecule has 1 aliphatic heterocycles. The molecule has 9 N–H and O–H groups in total. The first-order valence-electron chi connectivity index (χ1n) is 15.4. The number of methoxy groups -OCH3 is 1. The topological polar surface area (TPSA) is 150 Å². The van der Waals surface area contributed by atoms with Crippen LogP contribution >= 0.6 is 11.6 Å². The van der Waals surface area contributed by atoms with Gasteiger partial charge in [0.25, 0.3) is 0 Å². The number of hydrogen-bond donors (Lipinski definition) is 1. The molecular weight excluding hydrogens is 552 g/mol. The molecule has 2 fully saturated rings. The molecule has 0 amide bonds. The smallest absolute Gasteiger partial charge is 0.0493 e. The molecule has 42 heavy (non-hydrogen) atoms. The Kier molecular flexibility index (Phi) is 21.0. The molecule has 1 saturated heterocycles. The third-order valence-electron chi connectivity index (χ3n) is 10.1. The van der Waals surface area contributed by atoms with Gasteiger partial charge in [-0.05, 0) is 92.1 Å². The maximum Gasteiger partial charge on any atom is 0.0493 e. The first-order chi connectivity index (χ1) is 17.7. The Hall–Kier alpha value is -0.770. The van der Waals surface area contributed by atoms with Crippen molar-refractivity contribution in [2.45, 2.75) is 99.0 Å². The van der Waals surface area contributed by atoms with Crippen molar-refractivity contribution < 1.29 is 26.6 Å². The van der Waals surface area contributed by atoms with E-state index in [1.807, 2.05) is 7.11 Å². The van der Waals surface area contributed by atoms with Crippen LogP contribution in [0.1, 0.15) is 92.9 Å². The van der Waals surface area contributed by atoms with Gasteiger partial charge in [0.05, 0.1) is 0 Å². The van der Waals surface area contributed by atoms with E-state index in [1.54, 1.807) is 5.57 Å². The van der Waals surface area contributed by atoms with Crippen LogP contribution in [0.3, 0.4) is 0 Å². The van der Waals surface area contributed by atoms with Crippen LogP contribution in [0.25, 0.3) is 0 Å². The van der Waals surface area contributed by atoms with Crippen LogP contribution in [-0.2, 0) is 4.74 Å². The van der Waals surface area contributed by atoms with Gasteiger partial charge in [-0.15, -0.1) is 0 Å². The minimum absolute atomic E-state index is 0. The van der Waals surface area contributed by atoms with E-state index in [0.29, 0.717) is 29.2 Å². The summed E-state index contributed by atoms with van der Waals surface area (Å²) in [6.07, 6.45) is 21.5. The molecule has 4 aliphatic rings. The molecule has 4 unspecified atom stereocenters. The number of likely N-dealkylation sites (tertiary alicyclic amines) is 1. The highest BCUT2D eigenvalue weighted by Gasteiger charge is 2.40. The van der Waals surface area contributed by atoms with Crippen molar-refractivity contribution in [1.82, 2.24) is 10.2 Å². The number of rotatable bonds is 10. The summed E-state index contributed by atoms with van der Waals surface area (Å²) in [5, 5.41) is 4.95. The van der Waals surface area contributed by atoms with Gasteiger partial charge in [-0.25, -0.2) is 0 Å². The number of allylic oxidation sites excluding steroid dienone is 5. The molecule has 0 aromatic heterocycles. The van der Waals surface area contributed by atoms with Gasteiger partial charge in [-0.2, -0.15) is 0 Å². The number of nitrogens with zero attached hydrogens (tertiary/aromatic N) is 1. The highest BCUT2D eigenvalue weighted by molar-refractivity contribution is 6.31. The van der Waals surface area contributed by atoms with Crippen molar-refractivity contribution in [2.24, 2.45) is 40.9 Å². The first-order valence-corrected chi connectivity index (χ1v) is 15.8. The summed E-state index contributed by atoms with van der Waals surface area (Å²) in [5.41, 5.74) is 1.96. The minimum atomic E-state index is 0. The van der Waals surface area contributed by atoms with Gasteiger partial charge in [-0.3, -0.25) is 0 Å². The molecule has 0 spiro atoms. The second-order valence-electron chi connectivity index (χ2n) is 13.8. The van der Waals surface area contributed by atoms with E-state index < -0.39 is 0 Å². The lowest BCUT2D eigenvalue weighted by Gasteiger charge is -2.48. The lowest BCUT2D eigenvalue weighted by Crippen LogP contribution is -2.53. The van der Waals surface area contributed by atoms with E-state index in [4.69, 9.17) is 16.3 Å². The van der Waals surface area contributed by atoms with Gasteiger partial charge < -0.3 is 36.9 Å². The van der Waals surface area contributed by atoms with E-state index in [2.05, 4.69) is 62.2 Å². The van der Waals surface area contributed by atoms with Gasteiger partial charge in [-0.1, -0.05) is 89.8 Å². The van der Waals surface area contributed by atoms with Gasteiger partial charge >= 0.3 is 0 Å². The Morgan fingerprint density at radius 3 is 2.31 bits per heavy atom. The van der Waals surface area contributed by atoms with Crippen LogP contribution in [0.5, 0.6) is 0 Å². The summed E-state index contributed by atoms with van der Waals surface area (Å²) >= 11 is 6.21. The fourth-order valence-electron chi connectivity index (χ4n) is 8.06. The predicted molar refractivity (Wildman–Crippen MR) is 180 cm³/mol. The van der Waals surface area contributed by atoms with Crippen LogP contribution in [0, 0.1) is 40.9 Å². The molecule has 0 aromatic carbocycles. The zero-order valence-corrected chi connectivity index (χ0v) is 27.2. The summed E-state index contributed by atoms with van der Waals surface area (Å²) in [4.78, 5) is 2.75. The summed E-state index contributed by atoms with van der Waals surface area (Å²) < 4.78 is 5.64. The monoisotopic (exact) mass is 618 g/mol. The maximum atomic E-state index is 6.21. The van der Waals surface area contributed by atoms with Crippen molar-refractivity contribution in [1.29, 1.82) is 0 Å². The molecule has 0 radical (unpaired) electrons. The second kappa shape index (κ2) is 20.3. The highest BCUT2D eigenvalue weighted by Crippen LogP contribution is 2.43. The second-order valence-corrected chi connectivity index (χ2v) is 14.3. The average molecular weight is 619 g/mol. The molecule has 0 aromatic rings.